The molecule has 0 saturated heterocycles. The summed E-state index contributed by atoms with van der Waals surface area (Å²) in [7, 11) is 0. The minimum atomic E-state index is -4.45. The number of halogens is 4. The van der Waals surface area contributed by atoms with Crippen LogP contribution in [-0.2, 0) is 12.8 Å². The van der Waals surface area contributed by atoms with E-state index in [1.165, 1.54) is 35.7 Å². The Morgan fingerprint density at radius 1 is 1.15 bits per heavy atom. The van der Waals surface area contributed by atoms with Crippen LogP contribution in [-0.4, -0.2) is 20.6 Å². The number of hydrogen-bond acceptors (Lipinski definition) is 5. The molecule has 0 unspecified atom stereocenters. The van der Waals surface area contributed by atoms with Gasteiger partial charge in [-0.25, -0.2) is 14.2 Å². The van der Waals surface area contributed by atoms with Gasteiger partial charge in [0.05, 0.1) is 27.2 Å². The number of carbonyl (C=O) groups is 1. The van der Waals surface area contributed by atoms with Gasteiger partial charge in [-0.2, -0.15) is 13.2 Å². The fourth-order valence-corrected chi connectivity index (χ4v) is 4.15. The Morgan fingerprint density at radius 3 is 2.48 bits per heavy atom. The van der Waals surface area contributed by atoms with Crippen molar-refractivity contribution >= 4 is 39.8 Å². The van der Waals surface area contributed by atoms with Gasteiger partial charge in [-0.3, -0.25) is 4.79 Å². The smallest absolute Gasteiger partial charge is 0.416 e. The summed E-state index contributed by atoms with van der Waals surface area (Å²) < 4.78 is 44.4. The molecule has 0 aliphatic carbocycles. The second-order valence-electron chi connectivity index (χ2n) is 6.83. The lowest BCUT2D eigenvalue weighted by atomic mass is 10.1. The molecule has 2 aromatic heterocycles. The molecule has 0 saturated carbocycles. The van der Waals surface area contributed by atoms with E-state index in [9.17, 15) is 32.7 Å². The molecule has 4 rings (SSSR count). The van der Waals surface area contributed by atoms with Gasteiger partial charge in [0.1, 0.15) is 17.2 Å². The van der Waals surface area contributed by atoms with Crippen molar-refractivity contribution in [2.75, 3.05) is 0 Å². The lowest BCUT2D eigenvalue weighted by Crippen LogP contribution is -2.34. The highest BCUT2D eigenvalue weighted by atomic mass is 35.5. The summed E-state index contributed by atoms with van der Waals surface area (Å²) in [6.07, 6.45) is -4.45. The second-order valence-corrected chi connectivity index (χ2v) is 8.11. The third-order valence-electron chi connectivity index (χ3n) is 4.69. The Balaban J connectivity index is 1.69. The third kappa shape index (κ3) is 4.37. The molecule has 0 spiro atoms. The van der Waals surface area contributed by atoms with Crippen LogP contribution in [0.3, 0.4) is 0 Å². The van der Waals surface area contributed by atoms with Gasteiger partial charge in [0.25, 0.3) is 5.56 Å². The van der Waals surface area contributed by atoms with E-state index in [2.05, 4.69) is 4.98 Å². The van der Waals surface area contributed by atoms with Gasteiger partial charge in [-0.05, 0) is 29.8 Å². The number of aromatic carboxylic acids is 1. The van der Waals surface area contributed by atoms with Crippen molar-refractivity contribution in [2.45, 2.75) is 12.8 Å². The van der Waals surface area contributed by atoms with E-state index in [-0.39, 0.29) is 38.8 Å². The van der Waals surface area contributed by atoms with Crippen molar-refractivity contribution in [1.82, 2.24) is 9.55 Å². The molecule has 0 atom stereocenters. The predicted octanol–water partition coefficient (Wildman–Crippen LogP) is 4.69. The Hall–Kier alpha value is -3.57. The first-order valence-electron chi connectivity index (χ1n) is 9.15. The fraction of sp³-hybridized carbons (Fsp3) is 0.0952. The maximum absolute atomic E-state index is 13.0. The van der Waals surface area contributed by atoms with Crippen LogP contribution in [0.2, 0.25) is 5.02 Å². The van der Waals surface area contributed by atoms with Gasteiger partial charge in [0, 0.05) is 11.4 Å². The topological polar surface area (TPSA) is 101 Å². The average molecular weight is 497 g/mol. The van der Waals surface area contributed by atoms with E-state index >= 15 is 0 Å². The summed E-state index contributed by atoms with van der Waals surface area (Å²) in [5.41, 5.74) is -1.98. The van der Waals surface area contributed by atoms with Crippen LogP contribution in [0.5, 0.6) is 5.75 Å². The van der Waals surface area contributed by atoms with E-state index in [1.807, 2.05) is 0 Å². The van der Waals surface area contributed by atoms with Crippen molar-refractivity contribution in [1.29, 1.82) is 0 Å². The van der Waals surface area contributed by atoms with E-state index in [1.54, 1.807) is 0 Å². The molecule has 170 valence electrons. The number of alkyl halides is 3. The molecule has 2 aromatic carbocycles. The lowest BCUT2D eigenvalue weighted by molar-refractivity contribution is -0.137. The summed E-state index contributed by atoms with van der Waals surface area (Å²) in [5.74, 6) is -1.13. The molecule has 2 heterocycles. The van der Waals surface area contributed by atoms with Crippen LogP contribution >= 0.6 is 22.9 Å². The standard InChI is InChI=1S/C21H12ClF3N2O5S/c22-13-6-5-12(32-8-10-1-3-11(4-2-10)21(23,24)25)7-15(13)27-18(28)16-14(26-20(27)31)9-33-17(16)19(29)30/h1-7,9H,8H2,(H,26,31)(H,29,30). The summed E-state index contributed by atoms with van der Waals surface area (Å²) in [6.45, 7) is -0.0861. The molecule has 2 N–H and O–H groups in total. The van der Waals surface area contributed by atoms with Crippen molar-refractivity contribution < 1.29 is 27.8 Å². The molecule has 12 heteroatoms. The largest absolute Gasteiger partial charge is 0.489 e. The third-order valence-corrected chi connectivity index (χ3v) is 5.98. The number of benzene rings is 2. The lowest BCUT2D eigenvalue weighted by Gasteiger charge is -2.12. The quantitative estimate of drug-likeness (QED) is 0.417. The number of H-pyrrole nitrogens is 1. The number of hydrogen-bond donors (Lipinski definition) is 2. The highest BCUT2D eigenvalue weighted by molar-refractivity contribution is 7.13. The van der Waals surface area contributed by atoms with Crippen molar-refractivity contribution in [3.05, 3.63) is 89.7 Å². The number of rotatable bonds is 5. The zero-order chi connectivity index (χ0) is 23.9. The number of ether oxygens (including phenoxy) is 1. The summed E-state index contributed by atoms with van der Waals surface area (Å²) in [6, 6.07) is 8.55. The number of carboxylic acids is 1. The van der Waals surface area contributed by atoms with Crippen LogP contribution in [0.1, 0.15) is 20.8 Å². The molecular formula is C21H12ClF3N2O5S. The van der Waals surface area contributed by atoms with Gasteiger partial charge in [-0.1, -0.05) is 23.7 Å². The minimum absolute atomic E-state index is 0.0240. The first-order chi connectivity index (χ1) is 15.6. The average Bonchev–Trinajstić information content (AvgIpc) is 3.18. The molecule has 0 aliphatic rings. The Morgan fingerprint density at radius 2 is 1.85 bits per heavy atom. The minimum Gasteiger partial charge on any atom is -0.489 e. The van der Waals surface area contributed by atoms with Crippen molar-refractivity contribution in [3.63, 3.8) is 0 Å². The summed E-state index contributed by atoms with van der Waals surface area (Å²) in [4.78, 5) is 39.2. The highest BCUT2D eigenvalue weighted by Gasteiger charge is 2.30. The monoisotopic (exact) mass is 496 g/mol. The summed E-state index contributed by atoms with van der Waals surface area (Å²) in [5, 5.41) is 10.5. The SMILES string of the molecule is O=C(O)c1scc2[nH]c(=O)n(-c3cc(OCc4ccc(C(F)(F)F)cc4)ccc3Cl)c(=O)c12. The predicted molar refractivity (Wildman–Crippen MR) is 116 cm³/mol. The van der Waals surface area contributed by atoms with Gasteiger partial charge in [0.2, 0.25) is 0 Å². The number of carboxylic acid groups (broad SMARTS) is 1. The number of aromatic amines is 1. The zero-order valence-electron chi connectivity index (χ0n) is 16.3. The van der Waals surface area contributed by atoms with Gasteiger partial charge in [-0.15, -0.1) is 11.3 Å². The maximum atomic E-state index is 13.0. The molecule has 33 heavy (non-hydrogen) atoms. The number of fused-ring (bicyclic) bond motifs is 1. The Bertz CT molecular complexity index is 1490. The first-order valence-corrected chi connectivity index (χ1v) is 10.4. The normalized spacial score (nSPS) is 11.6. The summed E-state index contributed by atoms with van der Waals surface area (Å²) >= 11 is 6.99. The molecule has 0 radical (unpaired) electrons. The second kappa shape index (κ2) is 8.41. The Kier molecular flexibility index (Phi) is 5.76. The number of nitrogens with zero attached hydrogens (tertiary/aromatic N) is 1. The van der Waals surface area contributed by atoms with Crippen LogP contribution in [0.25, 0.3) is 16.6 Å². The maximum Gasteiger partial charge on any atom is 0.416 e. The van der Waals surface area contributed by atoms with Crippen molar-refractivity contribution in [2.24, 2.45) is 0 Å². The molecule has 4 aromatic rings. The van der Waals surface area contributed by atoms with E-state index in [0.717, 1.165) is 23.5 Å². The molecule has 0 fully saturated rings. The molecule has 0 amide bonds. The van der Waals surface area contributed by atoms with Gasteiger partial charge >= 0.3 is 17.8 Å². The number of aromatic nitrogens is 2. The van der Waals surface area contributed by atoms with Crippen LogP contribution < -0.4 is 16.0 Å². The number of nitrogens with one attached hydrogen (secondary N) is 1. The fourth-order valence-electron chi connectivity index (χ4n) is 3.12. The highest BCUT2D eigenvalue weighted by Crippen LogP contribution is 2.30. The van der Waals surface area contributed by atoms with Crippen LogP contribution in [0, 0.1) is 0 Å². The molecule has 0 bridgehead atoms. The zero-order valence-corrected chi connectivity index (χ0v) is 17.8. The van der Waals surface area contributed by atoms with E-state index in [4.69, 9.17) is 16.3 Å². The first kappa shape index (κ1) is 22.6. The van der Waals surface area contributed by atoms with Gasteiger partial charge < -0.3 is 14.8 Å². The molecule has 7 nitrogen and oxygen atoms in total. The van der Waals surface area contributed by atoms with Gasteiger partial charge in [0.15, 0.2) is 0 Å². The van der Waals surface area contributed by atoms with Crippen molar-refractivity contribution in [3.8, 4) is 11.4 Å². The molecular weight excluding hydrogens is 485 g/mol. The Labute approximate surface area is 191 Å². The van der Waals surface area contributed by atoms with E-state index in [0.29, 0.717) is 10.1 Å². The van der Waals surface area contributed by atoms with Crippen LogP contribution in [0.4, 0.5) is 13.2 Å². The van der Waals surface area contributed by atoms with Crippen LogP contribution in [0.15, 0.2) is 57.4 Å². The number of thiophene rings is 1. The van der Waals surface area contributed by atoms with E-state index < -0.39 is 29.0 Å². The molecule has 0 aliphatic heterocycles.